The van der Waals surface area contributed by atoms with Crippen molar-refractivity contribution in [2.75, 3.05) is 0 Å². The van der Waals surface area contributed by atoms with E-state index in [4.69, 9.17) is 0 Å². The van der Waals surface area contributed by atoms with Gasteiger partial charge in [-0.05, 0) is 28.1 Å². The third-order valence-corrected chi connectivity index (χ3v) is 2.94. The summed E-state index contributed by atoms with van der Waals surface area (Å²) in [6.07, 6.45) is -7.66. The second-order valence-corrected chi connectivity index (χ2v) is 4.40. The molecular formula is C10H6BrF5N2. The third-order valence-electron chi connectivity index (χ3n) is 2.30. The fourth-order valence-corrected chi connectivity index (χ4v) is 2.10. The molecular weight excluding hydrogens is 323 g/mol. The fraction of sp³-hybridized carbons (Fsp3) is 0.300. The molecule has 0 spiro atoms. The number of hydrogen-bond donors (Lipinski definition) is 0. The van der Waals surface area contributed by atoms with Gasteiger partial charge in [-0.15, -0.1) is 0 Å². The second kappa shape index (κ2) is 4.49. The maximum absolute atomic E-state index is 12.7. The molecule has 1 aromatic carbocycles. The summed E-state index contributed by atoms with van der Waals surface area (Å²) in [7, 11) is 0. The van der Waals surface area contributed by atoms with Crippen LogP contribution in [0.1, 0.15) is 5.82 Å². The smallest absolute Gasteiger partial charge is 0.315 e. The van der Waals surface area contributed by atoms with E-state index in [1.54, 1.807) is 0 Å². The first-order chi connectivity index (χ1) is 8.30. The van der Waals surface area contributed by atoms with E-state index in [9.17, 15) is 22.0 Å². The summed E-state index contributed by atoms with van der Waals surface area (Å²) in [6, 6.07) is 4.29. The normalized spacial score (nSPS) is 12.6. The van der Waals surface area contributed by atoms with Crippen LogP contribution < -0.4 is 0 Å². The summed E-state index contributed by atoms with van der Waals surface area (Å²) in [4.78, 5) is 3.39. The standard InChI is InChI=1S/C10H6BrF5N2/c11-5-2-1-3-6-8(5)17-9(10(14,15)16)18(6)4-7(12)13/h1-3,7H,4H2. The van der Waals surface area contributed by atoms with Crippen LogP contribution in [0.5, 0.6) is 0 Å². The van der Waals surface area contributed by atoms with Gasteiger partial charge in [0.2, 0.25) is 5.82 Å². The van der Waals surface area contributed by atoms with Gasteiger partial charge in [-0.1, -0.05) is 6.07 Å². The molecule has 0 fully saturated rings. The summed E-state index contributed by atoms with van der Waals surface area (Å²) in [5.41, 5.74) is 0.0440. The number of rotatable bonds is 2. The number of imidazole rings is 1. The van der Waals surface area contributed by atoms with Gasteiger partial charge in [0, 0.05) is 4.47 Å². The number of alkyl halides is 5. The Hall–Kier alpha value is -1.18. The van der Waals surface area contributed by atoms with Gasteiger partial charge in [0.1, 0.15) is 5.52 Å². The molecule has 0 N–H and O–H groups in total. The van der Waals surface area contributed by atoms with Crippen molar-refractivity contribution >= 4 is 27.0 Å². The highest BCUT2D eigenvalue weighted by molar-refractivity contribution is 9.10. The zero-order chi connectivity index (χ0) is 13.5. The first-order valence-electron chi connectivity index (χ1n) is 4.81. The van der Waals surface area contributed by atoms with Crippen molar-refractivity contribution in [3.05, 3.63) is 28.5 Å². The molecule has 2 nitrogen and oxygen atoms in total. The van der Waals surface area contributed by atoms with E-state index in [0.29, 0.717) is 9.04 Å². The predicted molar refractivity (Wildman–Crippen MR) is 58.4 cm³/mol. The van der Waals surface area contributed by atoms with Crippen molar-refractivity contribution in [3.63, 3.8) is 0 Å². The molecule has 98 valence electrons. The van der Waals surface area contributed by atoms with Crippen LogP contribution in [-0.2, 0) is 12.7 Å². The summed E-state index contributed by atoms with van der Waals surface area (Å²) in [5, 5.41) is 0. The van der Waals surface area contributed by atoms with Gasteiger partial charge in [-0.25, -0.2) is 13.8 Å². The Morgan fingerprint density at radius 1 is 1.28 bits per heavy atom. The van der Waals surface area contributed by atoms with Crippen LogP contribution in [-0.4, -0.2) is 16.0 Å². The zero-order valence-corrected chi connectivity index (χ0v) is 10.3. The van der Waals surface area contributed by atoms with Crippen molar-refractivity contribution in [1.82, 2.24) is 9.55 Å². The quantitative estimate of drug-likeness (QED) is 0.759. The summed E-state index contributed by atoms with van der Waals surface area (Å²) < 4.78 is 63.7. The Balaban J connectivity index is 2.72. The highest BCUT2D eigenvalue weighted by Gasteiger charge is 2.38. The van der Waals surface area contributed by atoms with E-state index in [0.717, 1.165) is 0 Å². The number of benzene rings is 1. The number of fused-ring (bicyclic) bond motifs is 1. The lowest BCUT2D eigenvalue weighted by molar-refractivity contribution is -0.147. The lowest BCUT2D eigenvalue weighted by Crippen LogP contribution is -2.17. The number of nitrogens with zero attached hydrogens (tertiary/aromatic N) is 2. The lowest BCUT2D eigenvalue weighted by Gasteiger charge is -2.10. The van der Waals surface area contributed by atoms with Crippen LogP contribution in [0, 0.1) is 0 Å². The minimum Gasteiger partial charge on any atom is -0.315 e. The molecule has 0 bridgehead atoms. The molecule has 1 heterocycles. The molecule has 8 heteroatoms. The summed E-state index contributed by atoms with van der Waals surface area (Å²) >= 11 is 3.05. The van der Waals surface area contributed by atoms with Crippen LogP contribution >= 0.6 is 15.9 Å². The van der Waals surface area contributed by atoms with Crippen molar-refractivity contribution in [3.8, 4) is 0 Å². The molecule has 2 aromatic rings. The zero-order valence-electron chi connectivity index (χ0n) is 8.68. The van der Waals surface area contributed by atoms with Crippen molar-refractivity contribution in [2.24, 2.45) is 0 Å². The molecule has 0 aliphatic rings. The fourth-order valence-electron chi connectivity index (χ4n) is 1.65. The number of halogens is 6. The highest BCUT2D eigenvalue weighted by atomic mass is 79.9. The van der Waals surface area contributed by atoms with Gasteiger partial charge in [-0.2, -0.15) is 13.2 Å². The van der Waals surface area contributed by atoms with Crippen LogP contribution in [0.3, 0.4) is 0 Å². The first kappa shape index (κ1) is 13.3. The maximum atomic E-state index is 12.7. The Morgan fingerprint density at radius 3 is 2.50 bits per heavy atom. The van der Waals surface area contributed by atoms with E-state index >= 15 is 0 Å². The molecule has 0 radical (unpaired) electrons. The second-order valence-electron chi connectivity index (χ2n) is 3.54. The van der Waals surface area contributed by atoms with Crippen LogP contribution in [0.15, 0.2) is 22.7 Å². The Morgan fingerprint density at radius 2 is 1.94 bits per heavy atom. The number of aromatic nitrogens is 2. The van der Waals surface area contributed by atoms with Crippen LogP contribution in [0.4, 0.5) is 22.0 Å². The highest BCUT2D eigenvalue weighted by Crippen LogP contribution is 2.34. The molecule has 0 atom stereocenters. The maximum Gasteiger partial charge on any atom is 0.449 e. The number of para-hydroxylation sites is 1. The van der Waals surface area contributed by atoms with E-state index in [-0.39, 0.29) is 11.0 Å². The van der Waals surface area contributed by atoms with Gasteiger partial charge >= 0.3 is 6.18 Å². The average Bonchev–Trinajstić information content (AvgIpc) is 2.57. The van der Waals surface area contributed by atoms with E-state index < -0.39 is 25.0 Å². The van der Waals surface area contributed by atoms with E-state index in [2.05, 4.69) is 20.9 Å². The summed E-state index contributed by atoms with van der Waals surface area (Å²) in [6.45, 7) is -1.04. The largest absolute Gasteiger partial charge is 0.449 e. The van der Waals surface area contributed by atoms with Crippen LogP contribution in [0.2, 0.25) is 0 Å². The van der Waals surface area contributed by atoms with Crippen molar-refractivity contribution in [2.45, 2.75) is 19.1 Å². The molecule has 0 amide bonds. The summed E-state index contributed by atoms with van der Waals surface area (Å²) in [5.74, 6) is -1.32. The molecule has 0 saturated carbocycles. The molecule has 0 unspecified atom stereocenters. The molecule has 0 saturated heterocycles. The van der Waals surface area contributed by atoms with Gasteiger partial charge in [0.15, 0.2) is 0 Å². The predicted octanol–water partition coefficient (Wildman–Crippen LogP) is 4.08. The SMILES string of the molecule is FC(F)Cn1c(C(F)(F)F)nc2c(Br)cccc21. The minimum absolute atomic E-state index is 0.0190. The average molecular weight is 329 g/mol. The molecule has 1 aromatic heterocycles. The molecule has 0 aliphatic heterocycles. The van der Waals surface area contributed by atoms with Gasteiger partial charge in [-0.3, -0.25) is 0 Å². The molecule has 0 aliphatic carbocycles. The Bertz CT molecular complexity index is 575. The Kier molecular flexibility index (Phi) is 3.31. The van der Waals surface area contributed by atoms with Crippen molar-refractivity contribution in [1.29, 1.82) is 0 Å². The monoisotopic (exact) mass is 328 g/mol. The van der Waals surface area contributed by atoms with Gasteiger partial charge in [0.25, 0.3) is 6.43 Å². The number of hydrogen-bond acceptors (Lipinski definition) is 1. The van der Waals surface area contributed by atoms with Gasteiger partial charge < -0.3 is 4.57 Å². The van der Waals surface area contributed by atoms with Crippen LogP contribution in [0.25, 0.3) is 11.0 Å². The Labute approximate surface area is 107 Å². The third kappa shape index (κ3) is 2.33. The minimum atomic E-state index is -4.77. The van der Waals surface area contributed by atoms with E-state index in [1.165, 1.54) is 18.2 Å². The van der Waals surface area contributed by atoms with E-state index in [1.807, 2.05) is 0 Å². The lowest BCUT2D eigenvalue weighted by atomic mass is 10.3. The topological polar surface area (TPSA) is 17.8 Å². The first-order valence-corrected chi connectivity index (χ1v) is 5.60. The molecule has 18 heavy (non-hydrogen) atoms. The molecule has 2 rings (SSSR count). The van der Waals surface area contributed by atoms with Crippen molar-refractivity contribution < 1.29 is 22.0 Å². The van der Waals surface area contributed by atoms with Gasteiger partial charge in [0.05, 0.1) is 12.1 Å².